The van der Waals surface area contributed by atoms with Crippen molar-refractivity contribution < 1.29 is 54.2 Å². The van der Waals surface area contributed by atoms with Crippen molar-refractivity contribution in [1.82, 2.24) is 20.1 Å². The highest BCUT2D eigenvalue weighted by Gasteiger charge is 2.40. The van der Waals surface area contributed by atoms with E-state index in [1.807, 2.05) is 5.32 Å². The first-order valence-corrected chi connectivity index (χ1v) is 15.0. The van der Waals surface area contributed by atoms with Crippen molar-refractivity contribution in [1.29, 1.82) is 0 Å². The van der Waals surface area contributed by atoms with Crippen LogP contribution in [0.3, 0.4) is 0 Å². The van der Waals surface area contributed by atoms with Gasteiger partial charge in [-0.05, 0) is 52.2 Å². The summed E-state index contributed by atoms with van der Waals surface area (Å²) in [6, 6.07) is 2.06. The van der Waals surface area contributed by atoms with E-state index >= 15 is 0 Å². The molecule has 3 heterocycles. The average molecular weight is 712 g/mol. The van der Waals surface area contributed by atoms with Gasteiger partial charge in [0.15, 0.2) is 11.5 Å². The van der Waals surface area contributed by atoms with Gasteiger partial charge < -0.3 is 20.3 Å². The summed E-state index contributed by atoms with van der Waals surface area (Å²) in [6.45, 7) is 2.97. The fourth-order valence-electron chi connectivity index (χ4n) is 4.75. The summed E-state index contributed by atoms with van der Waals surface area (Å²) in [7, 11) is 0. The zero-order valence-electron chi connectivity index (χ0n) is 25.5. The number of hydrogen-bond acceptors (Lipinski definition) is 8. The molecule has 262 valence electrons. The Kier molecular flexibility index (Phi) is 10.5. The lowest BCUT2D eigenvalue weighted by atomic mass is 10.1. The van der Waals surface area contributed by atoms with E-state index in [2.05, 4.69) is 20.7 Å². The van der Waals surface area contributed by atoms with Crippen LogP contribution in [0.25, 0.3) is 10.6 Å². The average Bonchev–Trinajstić information content (AvgIpc) is 3.42. The van der Waals surface area contributed by atoms with Crippen LogP contribution in [0.2, 0.25) is 0 Å². The maximum atomic E-state index is 14.6. The molecular formula is C28H29F8N7O4S. The molecule has 3 aromatic rings. The van der Waals surface area contributed by atoms with Gasteiger partial charge >= 0.3 is 24.4 Å². The van der Waals surface area contributed by atoms with Crippen molar-refractivity contribution in [2.45, 2.75) is 70.6 Å². The Balaban J connectivity index is 1.68. The van der Waals surface area contributed by atoms with Gasteiger partial charge in [-0.2, -0.15) is 31.4 Å². The Morgan fingerprint density at radius 2 is 1.67 bits per heavy atom. The second-order valence-electron chi connectivity index (χ2n) is 11.6. The highest BCUT2D eigenvalue weighted by Crippen LogP contribution is 2.37. The number of halogens is 8. The summed E-state index contributed by atoms with van der Waals surface area (Å²) >= 11 is 0.530. The molecule has 0 bridgehead atoms. The summed E-state index contributed by atoms with van der Waals surface area (Å²) in [5.41, 5.74) is -2.42. The van der Waals surface area contributed by atoms with Gasteiger partial charge in [0.05, 0.1) is 11.8 Å². The number of hydrogen-bond donors (Lipinski definition) is 3. The topological polar surface area (TPSA) is 130 Å². The number of carbonyl (C=O) groups excluding carboxylic acids is 3. The molecule has 48 heavy (non-hydrogen) atoms. The number of amides is 3. The molecule has 0 unspecified atom stereocenters. The number of ether oxygens (including phenoxy) is 1. The van der Waals surface area contributed by atoms with Crippen LogP contribution in [0.1, 0.15) is 50.5 Å². The van der Waals surface area contributed by atoms with Gasteiger partial charge in [-0.25, -0.2) is 23.2 Å². The minimum atomic E-state index is -5.13. The molecule has 1 atom stereocenters. The van der Waals surface area contributed by atoms with E-state index in [4.69, 9.17) is 4.74 Å². The lowest BCUT2D eigenvalue weighted by molar-refractivity contribution is -0.174. The molecule has 1 aromatic carbocycles. The van der Waals surface area contributed by atoms with Crippen molar-refractivity contribution >= 4 is 45.8 Å². The first-order chi connectivity index (χ1) is 22.2. The second-order valence-corrected chi connectivity index (χ2v) is 12.6. The van der Waals surface area contributed by atoms with Crippen LogP contribution in [0, 0.1) is 11.6 Å². The smallest absolute Gasteiger partial charge is 0.444 e. The van der Waals surface area contributed by atoms with Crippen LogP contribution in [0.5, 0.6) is 0 Å². The van der Waals surface area contributed by atoms with Gasteiger partial charge in [-0.1, -0.05) is 17.4 Å². The van der Waals surface area contributed by atoms with E-state index in [1.165, 1.54) is 4.90 Å². The first kappa shape index (κ1) is 36.3. The van der Waals surface area contributed by atoms with E-state index in [0.717, 1.165) is 24.4 Å². The highest BCUT2D eigenvalue weighted by molar-refractivity contribution is 7.19. The number of nitrogens with one attached hydrogen (secondary N) is 3. The third kappa shape index (κ3) is 9.32. The summed E-state index contributed by atoms with van der Waals surface area (Å²) in [6.07, 6.45) is -9.87. The summed E-state index contributed by atoms with van der Waals surface area (Å²) < 4.78 is 114. The molecule has 2 aromatic heterocycles. The maximum Gasteiger partial charge on any atom is 0.471 e. The van der Waals surface area contributed by atoms with E-state index in [9.17, 15) is 49.5 Å². The molecule has 0 saturated carbocycles. The number of anilines is 3. The van der Waals surface area contributed by atoms with Crippen molar-refractivity contribution in [2.24, 2.45) is 0 Å². The summed E-state index contributed by atoms with van der Waals surface area (Å²) in [4.78, 5) is 43.0. The third-order valence-corrected chi connectivity index (χ3v) is 7.63. The van der Waals surface area contributed by atoms with Gasteiger partial charge in [0, 0.05) is 19.1 Å². The lowest BCUT2D eigenvalue weighted by Crippen LogP contribution is -2.43. The molecule has 0 radical (unpaired) electrons. The van der Waals surface area contributed by atoms with E-state index in [1.54, 1.807) is 20.8 Å². The Morgan fingerprint density at radius 3 is 2.27 bits per heavy atom. The van der Waals surface area contributed by atoms with Gasteiger partial charge in [0.25, 0.3) is 5.91 Å². The van der Waals surface area contributed by atoms with E-state index in [0.29, 0.717) is 16.0 Å². The van der Waals surface area contributed by atoms with E-state index in [-0.39, 0.29) is 53.9 Å². The Morgan fingerprint density at radius 1 is 1.00 bits per heavy atom. The predicted octanol–water partition coefficient (Wildman–Crippen LogP) is 6.48. The SMILES string of the molecule is CC(C)(C)OC(=O)Nc1sc(-c2c(F)cccc2F)nc1C(=O)Nc1cnn(CC(F)(F)F)c1N1CCC[C@@H](NC(=O)C(F)(F)F)CC1. The van der Waals surface area contributed by atoms with Crippen molar-refractivity contribution in [3.05, 3.63) is 41.7 Å². The summed E-state index contributed by atoms with van der Waals surface area (Å²) in [5.74, 6) is -5.56. The minimum absolute atomic E-state index is 0.0175. The zero-order chi connectivity index (χ0) is 35.6. The number of aromatic nitrogens is 3. The molecule has 1 fully saturated rings. The van der Waals surface area contributed by atoms with Crippen LogP contribution in [0.4, 0.5) is 56.4 Å². The quantitative estimate of drug-likeness (QED) is 0.239. The normalized spacial score (nSPS) is 15.9. The van der Waals surface area contributed by atoms with Crippen LogP contribution in [0.15, 0.2) is 24.4 Å². The van der Waals surface area contributed by atoms with Crippen LogP contribution >= 0.6 is 11.3 Å². The second kappa shape index (κ2) is 13.9. The van der Waals surface area contributed by atoms with Crippen LogP contribution in [-0.4, -0.2) is 69.8 Å². The molecule has 0 aliphatic carbocycles. The number of alkyl halides is 6. The Hall–Kier alpha value is -4.49. The standard InChI is InChI=1S/C28H29F8N7O4S/c1-26(2,3)47-25(46)41-22-19(40-21(48-22)18-15(29)7-4-8-16(18)30)20(44)39-17-12-37-43(13-27(31,32)33)23(17)42-10-5-6-14(9-11-42)38-24(45)28(34,35)36/h4,7-8,12,14H,5-6,9-11,13H2,1-3H3,(H,38,45)(H,39,44)(H,41,46)/t14-/m1/s1. The number of rotatable bonds is 7. The third-order valence-electron chi connectivity index (χ3n) is 6.64. The van der Waals surface area contributed by atoms with Crippen LogP contribution in [-0.2, 0) is 16.1 Å². The number of carbonyl (C=O) groups is 3. The van der Waals surface area contributed by atoms with Gasteiger partial charge in [-0.3, -0.25) is 14.9 Å². The fraction of sp³-hybridized carbons (Fsp3) is 0.464. The van der Waals surface area contributed by atoms with Crippen molar-refractivity contribution in [2.75, 3.05) is 28.6 Å². The Bertz CT molecular complexity index is 1650. The molecule has 1 aliphatic rings. The molecule has 11 nitrogen and oxygen atoms in total. The Labute approximate surface area is 271 Å². The maximum absolute atomic E-state index is 14.6. The molecule has 0 spiro atoms. The monoisotopic (exact) mass is 711 g/mol. The molecule has 1 saturated heterocycles. The fourth-order valence-corrected chi connectivity index (χ4v) is 5.75. The van der Waals surface area contributed by atoms with Crippen molar-refractivity contribution in [3.8, 4) is 10.6 Å². The molecule has 3 N–H and O–H groups in total. The number of benzene rings is 1. The molecule has 1 aliphatic heterocycles. The summed E-state index contributed by atoms with van der Waals surface area (Å²) in [5, 5.41) is 9.67. The minimum Gasteiger partial charge on any atom is -0.444 e. The molecule has 3 amide bonds. The molecule has 4 rings (SSSR count). The van der Waals surface area contributed by atoms with Gasteiger partial charge in [0.1, 0.15) is 39.5 Å². The van der Waals surface area contributed by atoms with Crippen LogP contribution < -0.4 is 20.9 Å². The van der Waals surface area contributed by atoms with Crippen molar-refractivity contribution in [3.63, 3.8) is 0 Å². The number of thiazole rings is 1. The van der Waals surface area contributed by atoms with Gasteiger partial charge in [-0.15, -0.1) is 0 Å². The number of nitrogens with zero attached hydrogens (tertiary/aromatic N) is 4. The predicted molar refractivity (Wildman–Crippen MR) is 158 cm³/mol. The highest BCUT2D eigenvalue weighted by atomic mass is 32.1. The lowest BCUT2D eigenvalue weighted by Gasteiger charge is -2.25. The molecular weight excluding hydrogens is 682 g/mol. The molecule has 20 heteroatoms. The van der Waals surface area contributed by atoms with E-state index < -0.39 is 71.3 Å². The zero-order valence-corrected chi connectivity index (χ0v) is 26.3. The largest absolute Gasteiger partial charge is 0.471 e. The van der Waals surface area contributed by atoms with Gasteiger partial charge in [0.2, 0.25) is 0 Å². The first-order valence-electron chi connectivity index (χ1n) is 14.2.